The molecule has 0 saturated carbocycles. The van der Waals surface area contributed by atoms with Gasteiger partial charge in [0, 0.05) is 29.2 Å². The maximum Gasteiger partial charge on any atom is 0.134 e. The SMILES string of the molecule is Fc1ccccc1Cc1nc(=S)c2c([nH]1)CSC2. The van der Waals surface area contributed by atoms with Gasteiger partial charge in [-0.1, -0.05) is 30.4 Å². The van der Waals surface area contributed by atoms with Crippen molar-refractivity contribution in [2.45, 2.75) is 17.9 Å². The van der Waals surface area contributed by atoms with E-state index in [0.717, 1.165) is 28.6 Å². The number of halogens is 1. The number of thioether (sulfide) groups is 1. The van der Waals surface area contributed by atoms with Gasteiger partial charge >= 0.3 is 0 Å². The number of benzene rings is 1. The van der Waals surface area contributed by atoms with E-state index < -0.39 is 0 Å². The lowest BCUT2D eigenvalue weighted by Gasteiger charge is -2.06. The van der Waals surface area contributed by atoms with E-state index in [4.69, 9.17) is 12.2 Å². The molecule has 1 aliphatic heterocycles. The van der Waals surface area contributed by atoms with Crippen molar-refractivity contribution in [2.24, 2.45) is 0 Å². The lowest BCUT2D eigenvalue weighted by molar-refractivity contribution is 0.612. The summed E-state index contributed by atoms with van der Waals surface area (Å²) in [5.41, 5.74) is 2.92. The van der Waals surface area contributed by atoms with E-state index in [9.17, 15) is 4.39 Å². The lowest BCUT2D eigenvalue weighted by Crippen LogP contribution is -2.03. The molecule has 0 atom stereocenters. The van der Waals surface area contributed by atoms with Gasteiger partial charge in [-0.3, -0.25) is 0 Å². The summed E-state index contributed by atoms with van der Waals surface area (Å²) in [5, 5.41) is 0. The smallest absolute Gasteiger partial charge is 0.134 e. The Bertz CT molecular complexity index is 652. The molecule has 1 aliphatic rings. The Hall–Kier alpha value is -1.20. The van der Waals surface area contributed by atoms with Gasteiger partial charge in [-0.2, -0.15) is 11.8 Å². The van der Waals surface area contributed by atoms with Crippen LogP contribution in [0.15, 0.2) is 24.3 Å². The van der Waals surface area contributed by atoms with Gasteiger partial charge in [0.15, 0.2) is 0 Å². The van der Waals surface area contributed by atoms with Crippen molar-refractivity contribution in [3.05, 3.63) is 57.4 Å². The predicted molar refractivity (Wildman–Crippen MR) is 73.6 cm³/mol. The summed E-state index contributed by atoms with van der Waals surface area (Å²) in [4.78, 5) is 7.64. The van der Waals surface area contributed by atoms with Crippen molar-refractivity contribution < 1.29 is 4.39 Å². The van der Waals surface area contributed by atoms with Crippen molar-refractivity contribution in [3.8, 4) is 0 Å². The summed E-state index contributed by atoms with van der Waals surface area (Å²) >= 11 is 7.10. The molecule has 18 heavy (non-hydrogen) atoms. The van der Waals surface area contributed by atoms with Crippen LogP contribution < -0.4 is 0 Å². The average Bonchev–Trinajstić information content (AvgIpc) is 2.81. The van der Waals surface area contributed by atoms with Crippen molar-refractivity contribution in [2.75, 3.05) is 0 Å². The molecule has 2 aromatic rings. The number of rotatable bonds is 2. The fourth-order valence-corrected chi connectivity index (χ4v) is 3.49. The highest BCUT2D eigenvalue weighted by Gasteiger charge is 2.15. The van der Waals surface area contributed by atoms with Crippen LogP contribution in [0.5, 0.6) is 0 Å². The predicted octanol–water partition coefficient (Wildman–Crippen LogP) is 3.62. The van der Waals surface area contributed by atoms with Gasteiger partial charge in [-0.25, -0.2) is 9.37 Å². The van der Waals surface area contributed by atoms with Gasteiger partial charge in [0.1, 0.15) is 16.3 Å². The lowest BCUT2D eigenvalue weighted by atomic mass is 10.1. The van der Waals surface area contributed by atoms with Crippen LogP contribution in [0.3, 0.4) is 0 Å². The minimum atomic E-state index is -0.200. The first-order valence-corrected chi connectivity index (χ1v) is 7.22. The topological polar surface area (TPSA) is 28.7 Å². The minimum absolute atomic E-state index is 0.200. The van der Waals surface area contributed by atoms with Crippen LogP contribution in [0.2, 0.25) is 0 Å². The highest BCUT2D eigenvalue weighted by molar-refractivity contribution is 7.98. The Balaban J connectivity index is 1.97. The molecule has 0 bridgehead atoms. The molecule has 92 valence electrons. The van der Waals surface area contributed by atoms with E-state index in [1.54, 1.807) is 12.1 Å². The van der Waals surface area contributed by atoms with Gasteiger partial charge in [-0.05, 0) is 11.6 Å². The molecule has 0 amide bonds. The second-order valence-corrected chi connectivity index (χ2v) is 5.58. The fourth-order valence-electron chi connectivity index (χ4n) is 2.03. The zero-order chi connectivity index (χ0) is 12.5. The van der Waals surface area contributed by atoms with E-state index in [0.29, 0.717) is 16.6 Å². The minimum Gasteiger partial charge on any atom is -0.346 e. The molecule has 2 heterocycles. The molecule has 0 unspecified atom stereocenters. The summed E-state index contributed by atoms with van der Waals surface area (Å²) < 4.78 is 14.2. The van der Waals surface area contributed by atoms with E-state index in [1.807, 2.05) is 17.8 Å². The van der Waals surface area contributed by atoms with Crippen molar-refractivity contribution in [1.29, 1.82) is 0 Å². The maximum atomic E-state index is 13.6. The summed E-state index contributed by atoms with van der Waals surface area (Å²) in [6.45, 7) is 0. The molecule has 5 heteroatoms. The Kier molecular flexibility index (Phi) is 3.18. The first-order chi connectivity index (χ1) is 8.74. The Morgan fingerprint density at radius 1 is 1.33 bits per heavy atom. The third kappa shape index (κ3) is 2.20. The summed E-state index contributed by atoms with van der Waals surface area (Å²) in [5.74, 6) is 2.41. The van der Waals surface area contributed by atoms with Gasteiger partial charge in [0.25, 0.3) is 0 Å². The zero-order valence-electron chi connectivity index (χ0n) is 9.57. The molecule has 0 radical (unpaired) electrons. The fraction of sp³-hybridized carbons (Fsp3) is 0.231. The molecular formula is C13H11FN2S2. The number of fused-ring (bicyclic) bond motifs is 1. The van der Waals surface area contributed by atoms with Crippen molar-refractivity contribution in [3.63, 3.8) is 0 Å². The Morgan fingerprint density at radius 2 is 2.17 bits per heavy atom. The number of aromatic amines is 1. The van der Waals surface area contributed by atoms with Gasteiger partial charge in [-0.15, -0.1) is 0 Å². The first kappa shape index (κ1) is 11.9. The van der Waals surface area contributed by atoms with Gasteiger partial charge < -0.3 is 4.98 Å². The molecule has 2 nitrogen and oxygen atoms in total. The van der Waals surface area contributed by atoms with Crippen LogP contribution in [0, 0.1) is 10.5 Å². The van der Waals surface area contributed by atoms with Crippen molar-refractivity contribution >= 4 is 24.0 Å². The number of aromatic nitrogens is 2. The third-order valence-electron chi connectivity index (χ3n) is 2.96. The number of hydrogen-bond donors (Lipinski definition) is 1. The largest absolute Gasteiger partial charge is 0.346 e. The maximum absolute atomic E-state index is 13.6. The van der Waals surface area contributed by atoms with Gasteiger partial charge in [0.2, 0.25) is 0 Å². The Labute approximate surface area is 114 Å². The molecule has 1 aromatic carbocycles. The zero-order valence-corrected chi connectivity index (χ0v) is 11.2. The van der Waals surface area contributed by atoms with Crippen molar-refractivity contribution in [1.82, 2.24) is 9.97 Å². The van der Waals surface area contributed by atoms with Crippen LogP contribution >= 0.6 is 24.0 Å². The van der Waals surface area contributed by atoms with Crippen LogP contribution in [0.1, 0.15) is 22.6 Å². The number of nitrogens with one attached hydrogen (secondary N) is 1. The summed E-state index contributed by atoms with van der Waals surface area (Å²) in [6.07, 6.45) is 0.453. The number of hydrogen-bond acceptors (Lipinski definition) is 3. The van der Waals surface area contributed by atoms with Crippen LogP contribution in [-0.4, -0.2) is 9.97 Å². The Morgan fingerprint density at radius 3 is 3.00 bits per heavy atom. The van der Waals surface area contributed by atoms with E-state index in [2.05, 4.69) is 9.97 Å². The van der Waals surface area contributed by atoms with E-state index in [1.165, 1.54) is 6.07 Å². The summed E-state index contributed by atoms with van der Waals surface area (Å²) in [6, 6.07) is 6.76. The van der Waals surface area contributed by atoms with Gasteiger partial charge in [0.05, 0.1) is 0 Å². The second-order valence-electron chi connectivity index (χ2n) is 4.21. The molecule has 0 saturated heterocycles. The van der Waals surface area contributed by atoms with Crippen LogP contribution in [0.4, 0.5) is 4.39 Å². The molecule has 1 N–H and O–H groups in total. The first-order valence-electron chi connectivity index (χ1n) is 5.66. The quantitative estimate of drug-likeness (QED) is 0.851. The standard InChI is InChI=1S/C13H11FN2S2/c14-10-4-2-1-3-8(10)5-12-15-11-7-18-6-9(11)13(17)16-12/h1-4H,5-7H2,(H,15,16,17). The molecule has 0 spiro atoms. The normalized spacial score (nSPS) is 13.6. The molecule has 3 rings (SSSR count). The number of nitrogens with zero attached hydrogens (tertiary/aromatic N) is 1. The monoisotopic (exact) mass is 278 g/mol. The van der Waals surface area contributed by atoms with E-state index >= 15 is 0 Å². The van der Waals surface area contributed by atoms with Crippen LogP contribution in [0.25, 0.3) is 0 Å². The molecular weight excluding hydrogens is 267 g/mol. The third-order valence-corrected chi connectivity index (χ3v) is 4.29. The molecule has 0 fully saturated rings. The summed E-state index contributed by atoms with van der Waals surface area (Å²) in [7, 11) is 0. The highest BCUT2D eigenvalue weighted by atomic mass is 32.2. The molecule has 0 aliphatic carbocycles. The molecule has 1 aromatic heterocycles. The number of H-pyrrole nitrogens is 1. The average molecular weight is 278 g/mol. The second kappa shape index (κ2) is 4.82. The van der Waals surface area contributed by atoms with Crippen LogP contribution in [-0.2, 0) is 17.9 Å². The van der Waals surface area contributed by atoms with E-state index in [-0.39, 0.29) is 5.82 Å². The highest BCUT2D eigenvalue weighted by Crippen LogP contribution is 2.28.